The number of ether oxygens (including phenoxy) is 1. The highest BCUT2D eigenvalue weighted by Gasteiger charge is 2.28. The fourth-order valence-electron chi connectivity index (χ4n) is 3.35. The Morgan fingerprint density at radius 3 is 3.09 bits per heavy atom. The number of amides is 1. The Labute approximate surface area is 135 Å². The Bertz CT molecular complexity index is 736. The molecule has 0 radical (unpaired) electrons. The Morgan fingerprint density at radius 1 is 1.30 bits per heavy atom. The van der Waals surface area contributed by atoms with Gasteiger partial charge in [-0.05, 0) is 31.1 Å². The molecule has 1 amide bonds. The summed E-state index contributed by atoms with van der Waals surface area (Å²) in [7, 11) is 0. The summed E-state index contributed by atoms with van der Waals surface area (Å²) in [6.45, 7) is 1.89. The van der Waals surface area contributed by atoms with Crippen LogP contribution in [0.5, 0.6) is 5.75 Å². The van der Waals surface area contributed by atoms with Crippen LogP contribution < -0.4 is 4.74 Å². The number of carbonyl (C=O) groups is 1. The van der Waals surface area contributed by atoms with E-state index < -0.39 is 0 Å². The fraction of sp³-hybridized carbons (Fsp3) is 0.333. The second-order valence-corrected chi connectivity index (χ2v) is 6.10. The largest absolute Gasteiger partial charge is 0.488 e. The van der Waals surface area contributed by atoms with Crippen LogP contribution in [0.4, 0.5) is 0 Å². The van der Waals surface area contributed by atoms with Crippen molar-refractivity contribution in [3.05, 3.63) is 53.4 Å². The molecule has 1 fully saturated rings. The molecule has 3 heterocycles. The van der Waals surface area contributed by atoms with Crippen LogP contribution in [0.15, 0.2) is 42.1 Å². The van der Waals surface area contributed by atoms with Crippen molar-refractivity contribution in [2.75, 3.05) is 19.7 Å². The van der Waals surface area contributed by atoms with Crippen LogP contribution in [0.25, 0.3) is 6.08 Å². The number of aromatic nitrogens is 2. The molecule has 1 aromatic carbocycles. The van der Waals surface area contributed by atoms with Crippen molar-refractivity contribution in [3.63, 3.8) is 0 Å². The van der Waals surface area contributed by atoms with Gasteiger partial charge in [0.15, 0.2) is 0 Å². The number of nitrogens with zero attached hydrogens (tertiary/aromatic N) is 2. The number of likely N-dealkylation sites (tertiary alicyclic amines) is 1. The van der Waals surface area contributed by atoms with Crippen LogP contribution in [0, 0.1) is 0 Å². The van der Waals surface area contributed by atoms with E-state index in [2.05, 4.69) is 10.2 Å². The summed E-state index contributed by atoms with van der Waals surface area (Å²) in [5.41, 5.74) is 2.82. The van der Waals surface area contributed by atoms with Gasteiger partial charge in [-0.2, -0.15) is 5.10 Å². The number of para-hydroxylation sites is 1. The highest BCUT2D eigenvalue weighted by atomic mass is 16.5. The van der Waals surface area contributed by atoms with E-state index in [1.165, 1.54) is 0 Å². The fourth-order valence-corrected chi connectivity index (χ4v) is 3.35. The van der Waals surface area contributed by atoms with Crippen LogP contribution in [0.1, 0.15) is 30.0 Å². The number of aromatic amines is 1. The molecule has 0 saturated carbocycles. The zero-order chi connectivity index (χ0) is 15.6. The molecular weight excluding hydrogens is 290 g/mol. The lowest BCUT2D eigenvalue weighted by atomic mass is 9.94. The van der Waals surface area contributed by atoms with Gasteiger partial charge < -0.3 is 9.64 Å². The molecule has 0 aliphatic carbocycles. The van der Waals surface area contributed by atoms with E-state index in [1.807, 2.05) is 41.3 Å². The third-order valence-electron chi connectivity index (χ3n) is 4.58. The summed E-state index contributed by atoms with van der Waals surface area (Å²) in [6.07, 6.45) is 5.83. The second-order valence-electron chi connectivity index (χ2n) is 6.10. The first kappa shape index (κ1) is 14.1. The average Bonchev–Trinajstić information content (AvgIpc) is 3.15. The van der Waals surface area contributed by atoms with E-state index in [1.54, 1.807) is 6.20 Å². The minimum Gasteiger partial charge on any atom is -0.488 e. The highest BCUT2D eigenvalue weighted by Crippen LogP contribution is 2.29. The Balaban J connectivity index is 1.52. The smallest absolute Gasteiger partial charge is 0.253 e. The molecule has 2 aliphatic heterocycles. The zero-order valence-corrected chi connectivity index (χ0v) is 12.9. The number of benzene rings is 1. The van der Waals surface area contributed by atoms with Crippen LogP contribution >= 0.6 is 0 Å². The van der Waals surface area contributed by atoms with Gasteiger partial charge in [-0.15, -0.1) is 0 Å². The van der Waals surface area contributed by atoms with Crippen molar-refractivity contribution in [3.8, 4) is 5.75 Å². The van der Waals surface area contributed by atoms with E-state index in [0.29, 0.717) is 12.5 Å². The first-order valence-electron chi connectivity index (χ1n) is 8.02. The van der Waals surface area contributed by atoms with Crippen LogP contribution in [0.3, 0.4) is 0 Å². The van der Waals surface area contributed by atoms with Crippen molar-refractivity contribution in [2.24, 2.45) is 0 Å². The second kappa shape index (κ2) is 5.91. The Kier molecular flexibility index (Phi) is 3.61. The summed E-state index contributed by atoms with van der Waals surface area (Å²) in [5.74, 6) is 1.27. The van der Waals surface area contributed by atoms with Gasteiger partial charge in [0.2, 0.25) is 0 Å². The van der Waals surface area contributed by atoms with Crippen molar-refractivity contribution in [2.45, 2.75) is 18.8 Å². The predicted octanol–water partition coefficient (Wildman–Crippen LogP) is 2.59. The summed E-state index contributed by atoms with van der Waals surface area (Å²) in [5, 5.41) is 7.05. The van der Waals surface area contributed by atoms with E-state index in [9.17, 15) is 4.79 Å². The summed E-state index contributed by atoms with van der Waals surface area (Å²) < 4.78 is 5.72. The van der Waals surface area contributed by atoms with Gasteiger partial charge >= 0.3 is 0 Å². The molecule has 1 unspecified atom stereocenters. The zero-order valence-electron chi connectivity index (χ0n) is 12.9. The minimum absolute atomic E-state index is 0.0868. The van der Waals surface area contributed by atoms with Crippen LogP contribution in [-0.4, -0.2) is 40.7 Å². The molecular formula is C18H19N3O2. The Hall–Kier alpha value is -2.56. The average molecular weight is 309 g/mol. The van der Waals surface area contributed by atoms with Crippen molar-refractivity contribution >= 4 is 12.0 Å². The lowest BCUT2D eigenvalue weighted by Crippen LogP contribution is -2.41. The maximum absolute atomic E-state index is 12.8. The molecule has 1 aromatic heterocycles. The summed E-state index contributed by atoms with van der Waals surface area (Å²) in [4.78, 5) is 14.8. The first-order valence-corrected chi connectivity index (χ1v) is 8.02. The molecule has 118 valence electrons. The molecule has 2 aromatic rings. The number of carbonyl (C=O) groups excluding carboxylic acids is 1. The van der Waals surface area contributed by atoms with Gasteiger partial charge in [0, 0.05) is 36.5 Å². The monoisotopic (exact) mass is 309 g/mol. The molecule has 0 spiro atoms. The number of fused-ring (bicyclic) bond motifs is 1. The standard InChI is InChI=1S/C18H19N3O2/c22-18(15-10-13-4-1-2-6-17(13)23-12-15)21-9-3-5-14(11-21)16-7-8-19-20-16/h1-2,4,6-8,10,14H,3,5,9,11-12H2,(H,19,20). The van der Waals surface area contributed by atoms with Crippen molar-refractivity contribution in [1.82, 2.24) is 15.1 Å². The molecule has 1 atom stereocenters. The van der Waals surface area contributed by atoms with E-state index in [0.717, 1.165) is 48.5 Å². The highest BCUT2D eigenvalue weighted by molar-refractivity contribution is 5.99. The quantitative estimate of drug-likeness (QED) is 0.927. The third-order valence-corrected chi connectivity index (χ3v) is 4.58. The van der Waals surface area contributed by atoms with E-state index in [4.69, 9.17) is 4.74 Å². The predicted molar refractivity (Wildman–Crippen MR) is 87.1 cm³/mol. The third kappa shape index (κ3) is 2.74. The summed E-state index contributed by atoms with van der Waals surface area (Å²) >= 11 is 0. The first-order chi connectivity index (χ1) is 11.3. The minimum atomic E-state index is 0.0868. The molecule has 5 nitrogen and oxygen atoms in total. The number of rotatable bonds is 2. The maximum Gasteiger partial charge on any atom is 0.253 e. The molecule has 2 aliphatic rings. The molecule has 0 bridgehead atoms. The van der Waals surface area contributed by atoms with Crippen LogP contribution in [0.2, 0.25) is 0 Å². The number of hydrogen-bond acceptors (Lipinski definition) is 3. The van der Waals surface area contributed by atoms with Crippen molar-refractivity contribution in [1.29, 1.82) is 0 Å². The lowest BCUT2D eigenvalue weighted by molar-refractivity contribution is -0.128. The van der Waals surface area contributed by atoms with Crippen molar-refractivity contribution < 1.29 is 9.53 Å². The van der Waals surface area contributed by atoms with Gasteiger partial charge in [0.25, 0.3) is 5.91 Å². The number of hydrogen-bond donors (Lipinski definition) is 1. The van der Waals surface area contributed by atoms with Gasteiger partial charge in [0.1, 0.15) is 12.4 Å². The topological polar surface area (TPSA) is 58.2 Å². The molecule has 23 heavy (non-hydrogen) atoms. The van der Waals surface area contributed by atoms with E-state index >= 15 is 0 Å². The summed E-state index contributed by atoms with van der Waals surface area (Å²) in [6, 6.07) is 9.81. The van der Waals surface area contributed by atoms with E-state index in [-0.39, 0.29) is 5.91 Å². The van der Waals surface area contributed by atoms with Gasteiger partial charge in [0.05, 0.1) is 5.57 Å². The number of piperidine rings is 1. The van der Waals surface area contributed by atoms with Gasteiger partial charge in [-0.3, -0.25) is 9.89 Å². The SMILES string of the molecule is O=C(C1=Cc2ccccc2OC1)N1CCCC(c2ccn[nH]2)C1. The maximum atomic E-state index is 12.8. The molecule has 1 N–H and O–H groups in total. The van der Waals surface area contributed by atoms with Gasteiger partial charge in [-0.25, -0.2) is 0 Å². The molecule has 1 saturated heterocycles. The molecule has 5 heteroatoms. The lowest BCUT2D eigenvalue weighted by Gasteiger charge is -2.33. The van der Waals surface area contributed by atoms with Gasteiger partial charge in [-0.1, -0.05) is 18.2 Å². The normalized spacial score (nSPS) is 20.4. The molecule has 4 rings (SSSR count). The Morgan fingerprint density at radius 2 is 2.22 bits per heavy atom. The van der Waals surface area contributed by atoms with Crippen LogP contribution in [-0.2, 0) is 4.79 Å². The number of nitrogens with one attached hydrogen (secondary N) is 1. The number of H-pyrrole nitrogens is 1.